The number of hydrogen-bond donors (Lipinski definition) is 2. The number of aromatic nitrogens is 1. The number of phenols is 1. The van der Waals surface area contributed by atoms with Crippen LogP contribution in [-0.2, 0) is 16.0 Å². The van der Waals surface area contributed by atoms with Gasteiger partial charge in [-0.25, -0.2) is 4.39 Å². The lowest BCUT2D eigenvalue weighted by atomic mass is 9.61. The van der Waals surface area contributed by atoms with Crippen molar-refractivity contribution in [1.82, 2.24) is 4.57 Å². The van der Waals surface area contributed by atoms with Crippen molar-refractivity contribution >= 4 is 40.8 Å². The average Bonchev–Trinajstić information content (AvgIpc) is 3.20. The van der Waals surface area contributed by atoms with Crippen molar-refractivity contribution < 1.29 is 24.1 Å². The Labute approximate surface area is 236 Å². The number of benzene rings is 2. The van der Waals surface area contributed by atoms with Gasteiger partial charge in [-0.15, -0.1) is 24.0 Å². The fourth-order valence-electron chi connectivity index (χ4n) is 6.05. The fourth-order valence-corrected chi connectivity index (χ4v) is 6.05. The molecule has 2 heterocycles. The highest BCUT2D eigenvalue weighted by Gasteiger charge is 2.44. The summed E-state index contributed by atoms with van der Waals surface area (Å²) in [5.41, 5.74) is 4.68. The van der Waals surface area contributed by atoms with E-state index in [1.54, 1.807) is 13.0 Å². The van der Waals surface area contributed by atoms with E-state index in [0.717, 1.165) is 47.8 Å². The number of carboxylic acid groups (broad SMARTS) is 1. The molecule has 0 amide bonds. The summed E-state index contributed by atoms with van der Waals surface area (Å²) in [6.07, 6.45) is 4.79. The number of ether oxygens (including phenoxy) is 1. The molecule has 202 valence electrons. The molecule has 0 bridgehead atoms. The Morgan fingerprint density at radius 1 is 1.16 bits per heavy atom. The topological polar surface area (TPSA) is 71.7 Å². The van der Waals surface area contributed by atoms with E-state index in [1.165, 1.54) is 11.8 Å². The third-order valence-electron chi connectivity index (χ3n) is 7.93. The molecular weight excluding hydrogens is 584 g/mol. The summed E-state index contributed by atoms with van der Waals surface area (Å²) in [6, 6.07) is 10.8. The largest absolute Gasteiger partial charge is 0.507 e. The van der Waals surface area contributed by atoms with Crippen molar-refractivity contribution in [1.29, 1.82) is 0 Å². The zero-order chi connectivity index (χ0) is 26.0. The molecule has 5 nitrogen and oxygen atoms in total. The Morgan fingerprint density at radius 3 is 2.46 bits per heavy atom. The molecule has 2 N–H and O–H groups in total. The maximum Gasteiger partial charge on any atom is 0.306 e. The first-order valence-electron chi connectivity index (χ1n) is 13.2. The zero-order valence-corrected chi connectivity index (χ0v) is 24.6. The van der Waals surface area contributed by atoms with Crippen LogP contribution in [0.25, 0.3) is 16.6 Å². The molecule has 0 unspecified atom stereocenters. The van der Waals surface area contributed by atoms with Crippen LogP contribution in [-0.4, -0.2) is 34.0 Å². The van der Waals surface area contributed by atoms with E-state index >= 15 is 0 Å². The van der Waals surface area contributed by atoms with Crippen LogP contribution in [0.15, 0.2) is 36.4 Å². The summed E-state index contributed by atoms with van der Waals surface area (Å²) < 4.78 is 22.0. The second kappa shape index (κ2) is 12.2. The monoisotopic (exact) mass is 623 g/mol. The van der Waals surface area contributed by atoms with Crippen LogP contribution in [0.2, 0.25) is 0 Å². The van der Waals surface area contributed by atoms with E-state index in [0.29, 0.717) is 31.6 Å². The van der Waals surface area contributed by atoms with Crippen molar-refractivity contribution in [2.24, 2.45) is 11.3 Å². The number of carbonyl (C=O) groups is 1. The van der Waals surface area contributed by atoms with Crippen LogP contribution < -0.4 is 0 Å². The number of nitrogens with zero attached hydrogens (tertiary/aromatic N) is 1. The van der Waals surface area contributed by atoms with E-state index in [1.807, 2.05) is 38.1 Å². The maximum absolute atomic E-state index is 14.1. The molecule has 37 heavy (non-hydrogen) atoms. The molecule has 1 aliphatic heterocycles. The van der Waals surface area contributed by atoms with Gasteiger partial charge < -0.3 is 19.5 Å². The molecule has 1 aromatic heterocycles. The van der Waals surface area contributed by atoms with Gasteiger partial charge >= 0.3 is 5.97 Å². The highest BCUT2D eigenvalue weighted by molar-refractivity contribution is 14.0. The number of carboxylic acids is 1. The van der Waals surface area contributed by atoms with Gasteiger partial charge in [-0.1, -0.05) is 26.8 Å². The minimum Gasteiger partial charge on any atom is -0.507 e. The highest BCUT2D eigenvalue weighted by Crippen LogP contribution is 2.50. The highest BCUT2D eigenvalue weighted by atomic mass is 127. The molecule has 2 aliphatic rings. The lowest BCUT2D eigenvalue weighted by Gasteiger charge is -2.43. The number of aromatic hydroxyl groups is 1. The first-order valence-corrected chi connectivity index (χ1v) is 13.2. The van der Waals surface area contributed by atoms with Crippen LogP contribution in [0.5, 0.6) is 5.75 Å². The Morgan fingerprint density at radius 2 is 1.84 bits per heavy atom. The molecule has 1 aliphatic carbocycles. The molecule has 2 aromatic carbocycles. The summed E-state index contributed by atoms with van der Waals surface area (Å²) in [6.45, 7) is 9.33. The summed E-state index contributed by atoms with van der Waals surface area (Å²) in [5, 5.41) is 21.2. The Hall–Kier alpha value is -2.13. The Bertz CT molecular complexity index is 1240. The smallest absolute Gasteiger partial charge is 0.306 e. The maximum atomic E-state index is 14.1. The van der Waals surface area contributed by atoms with Crippen molar-refractivity contribution in [3.63, 3.8) is 0 Å². The van der Waals surface area contributed by atoms with Crippen molar-refractivity contribution in [2.45, 2.75) is 72.1 Å². The summed E-state index contributed by atoms with van der Waals surface area (Å²) >= 11 is 0. The van der Waals surface area contributed by atoms with Gasteiger partial charge in [0.05, 0.1) is 11.4 Å². The van der Waals surface area contributed by atoms with Crippen LogP contribution in [0, 0.1) is 24.1 Å². The molecule has 1 saturated heterocycles. The van der Waals surface area contributed by atoms with Gasteiger partial charge in [0, 0.05) is 35.9 Å². The Balaban J connectivity index is 0.00000124. The van der Waals surface area contributed by atoms with Gasteiger partial charge in [-0.2, -0.15) is 0 Å². The first kappa shape index (κ1) is 29.4. The third-order valence-corrected chi connectivity index (χ3v) is 7.93. The van der Waals surface area contributed by atoms with Crippen LogP contribution in [0.1, 0.15) is 75.6 Å². The van der Waals surface area contributed by atoms with Gasteiger partial charge in [0.1, 0.15) is 11.6 Å². The van der Waals surface area contributed by atoms with Gasteiger partial charge in [-0.05, 0) is 92.3 Å². The van der Waals surface area contributed by atoms with E-state index in [-0.39, 0.29) is 52.8 Å². The molecule has 0 atom stereocenters. The van der Waals surface area contributed by atoms with E-state index in [4.69, 9.17) is 4.74 Å². The lowest BCUT2D eigenvalue weighted by Crippen LogP contribution is -2.39. The SMILES string of the molecule is CC.Cc1cc(-n2c(C3CCOCC3)c(CCC3(C)CC(C(=O)O)C3)c3c(O)cccc32)ccc1F.I. The van der Waals surface area contributed by atoms with Crippen molar-refractivity contribution in [2.75, 3.05) is 13.2 Å². The molecule has 0 spiro atoms. The zero-order valence-electron chi connectivity index (χ0n) is 22.2. The van der Waals surface area contributed by atoms with E-state index < -0.39 is 5.97 Å². The van der Waals surface area contributed by atoms with Crippen LogP contribution in [0.3, 0.4) is 0 Å². The van der Waals surface area contributed by atoms with Crippen molar-refractivity contribution in [3.05, 3.63) is 59.0 Å². The normalized spacial score (nSPS) is 21.5. The quantitative estimate of drug-likeness (QED) is 0.276. The third kappa shape index (κ3) is 5.82. The summed E-state index contributed by atoms with van der Waals surface area (Å²) in [4.78, 5) is 11.4. The molecule has 1 saturated carbocycles. The molecule has 5 rings (SSSR count). The van der Waals surface area contributed by atoms with E-state index in [9.17, 15) is 19.4 Å². The molecule has 2 fully saturated rings. The number of fused-ring (bicyclic) bond motifs is 1. The molecule has 7 heteroatoms. The lowest BCUT2D eigenvalue weighted by molar-refractivity contribution is -0.149. The number of hydrogen-bond acceptors (Lipinski definition) is 3. The number of halogens is 2. The van der Waals surface area contributed by atoms with Crippen molar-refractivity contribution in [3.8, 4) is 11.4 Å². The second-order valence-electron chi connectivity index (χ2n) is 10.4. The Kier molecular flexibility index (Phi) is 9.67. The van der Waals surface area contributed by atoms with Crippen LogP contribution >= 0.6 is 24.0 Å². The number of phenolic OH excluding ortho intramolecular Hbond substituents is 1. The van der Waals surface area contributed by atoms with Crippen LogP contribution in [0.4, 0.5) is 4.39 Å². The van der Waals surface area contributed by atoms with Gasteiger partial charge in [0.15, 0.2) is 0 Å². The molecule has 3 aromatic rings. The number of rotatable bonds is 6. The first-order chi connectivity index (χ1) is 17.3. The van der Waals surface area contributed by atoms with Gasteiger partial charge in [0.2, 0.25) is 0 Å². The number of aryl methyl sites for hydroxylation is 2. The van der Waals surface area contributed by atoms with E-state index in [2.05, 4.69) is 11.5 Å². The predicted octanol–water partition coefficient (Wildman–Crippen LogP) is 7.76. The second-order valence-corrected chi connectivity index (χ2v) is 10.4. The van der Waals surface area contributed by atoms with Gasteiger partial charge in [-0.3, -0.25) is 4.79 Å². The average molecular weight is 624 g/mol. The molecule has 0 radical (unpaired) electrons. The summed E-state index contributed by atoms with van der Waals surface area (Å²) in [5.74, 6) is -0.678. The molecular formula is C30H39FINO4. The summed E-state index contributed by atoms with van der Waals surface area (Å²) in [7, 11) is 0. The number of aliphatic carboxylic acids is 1. The fraction of sp³-hybridized carbons (Fsp3) is 0.500. The van der Waals surface area contributed by atoms with Gasteiger partial charge in [0.25, 0.3) is 0 Å². The standard InChI is InChI=1S/C28H32FNO4.C2H6.HI/c1-17-14-20(6-7-22(17)29)30-23-4-3-5-24(31)25(23)21(26(30)18-9-12-34-13-10-18)8-11-28(2)15-19(16-28)27(32)33;1-2;/h3-7,14,18-19,31H,8-13,15-16H2,1-2H3,(H,32,33);1-2H3;1H. The minimum atomic E-state index is -0.707. The minimum absolute atomic E-state index is 0. The predicted molar refractivity (Wildman–Crippen MR) is 156 cm³/mol.